The maximum absolute atomic E-state index is 4.44. The van der Waals surface area contributed by atoms with Gasteiger partial charge in [0, 0.05) is 15.5 Å². The maximum atomic E-state index is 4.44. The van der Waals surface area contributed by atoms with Crippen LogP contribution in [-0.4, -0.2) is 16.3 Å². The number of hydrogen-bond acceptors (Lipinski definition) is 2. The van der Waals surface area contributed by atoms with Gasteiger partial charge in [0.2, 0.25) is 0 Å². The Balaban J connectivity index is 2.49. The highest BCUT2D eigenvalue weighted by atomic mass is 79.9. The van der Waals surface area contributed by atoms with Crippen molar-refractivity contribution in [2.45, 2.75) is 32.9 Å². The number of halogens is 3. The molecule has 0 radical (unpaired) electrons. The second kappa shape index (κ2) is 7.90. The van der Waals surface area contributed by atoms with E-state index in [1.807, 2.05) is 10.9 Å². The summed E-state index contributed by atoms with van der Waals surface area (Å²) in [5.74, 6) is 0. The van der Waals surface area contributed by atoms with Crippen molar-refractivity contribution < 1.29 is 0 Å². The summed E-state index contributed by atoms with van der Waals surface area (Å²) in [7, 11) is 0. The molecule has 1 N–H and O–H groups in total. The van der Waals surface area contributed by atoms with Gasteiger partial charge in [-0.15, -0.1) is 0 Å². The lowest BCUT2D eigenvalue weighted by Crippen LogP contribution is -2.26. The number of nitrogens with zero attached hydrogens (tertiary/aromatic N) is 2. The summed E-state index contributed by atoms with van der Waals surface area (Å²) in [5.41, 5.74) is 2.37. The fourth-order valence-corrected chi connectivity index (χ4v) is 4.09. The SMILES string of the molecule is CCCNC(c1ccc(Br)cc1Br)c1c(Br)cnn1CC. The van der Waals surface area contributed by atoms with Crippen molar-refractivity contribution in [2.24, 2.45) is 0 Å². The van der Waals surface area contributed by atoms with Crippen molar-refractivity contribution in [2.75, 3.05) is 6.54 Å². The normalized spacial score (nSPS) is 12.6. The monoisotopic (exact) mass is 477 g/mol. The van der Waals surface area contributed by atoms with Crippen LogP contribution in [0.1, 0.15) is 37.6 Å². The Labute approximate surface area is 150 Å². The molecule has 2 aromatic rings. The summed E-state index contributed by atoms with van der Waals surface area (Å²) in [5, 5.41) is 8.07. The number of nitrogens with one attached hydrogen (secondary N) is 1. The van der Waals surface area contributed by atoms with Gasteiger partial charge in [-0.05, 0) is 53.5 Å². The lowest BCUT2D eigenvalue weighted by molar-refractivity contribution is 0.527. The predicted molar refractivity (Wildman–Crippen MR) is 97.6 cm³/mol. The minimum absolute atomic E-state index is 0.101. The fourth-order valence-electron chi connectivity index (χ4n) is 2.29. The molecule has 0 amide bonds. The van der Waals surface area contributed by atoms with Crippen molar-refractivity contribution in [1.29, 1.82) is 0 Å². The van der Waals surface area contributed by atoms with Crippen LogP contribution in [0.5, 0.6) is 0 Å². The summed E-state index contributed by atoms with van der Waals surface area (Å²) in [6, 6.07) is 6.39. The van der Waals surface area contributed by atoms with Gasteiger partial charge in [-0.2, -0.15) is 5.10 Å². The largest absolute Gasteiger partial charge is 0.305 e. The fraction of sp³-hybridized carbons (Fsp3) is 0.400. The van der Waals surface area contributed by atoms with E-state index >= 15 is 0 Å². The Morgan fingerprint density at radius 2 is 1.95 bits per heavy atom. The molecule has 0 saturated heterocycles. The Bertz CT molecular complexity index is 610. The molecule has 1 heterocycles. The average molecular weight is 480 g/mol. The van der Waals surface area contributed by atoms with Crippen molar-refractivity contribution in [3.05, 3.63) is 49.1 Å². The average Bonchev–Trinajstić information content (AvgIpc) is 2.82. The van der Waals surface area contributed by atoms with E-state index in [4.69, 9.17) is 0 Å². The third kappa shape index (κ3) is 3.97. The summed E-state index contributed by atoms with van der Waals surface area (Å²) < 4.78 is 5.22. The van der Waals surface area contributed by atoms with E-state index in [1.54, 1.807) is 0 Å². The van der Waals surface area contributed by atoms with Gasteiger partial charge in [0.1, 0.15) is 0 Å². The first-order valence-electron chi connectivity index (χ1n) is 6.98. The molecule has 3 nitrogen and oxygen atoms in total. The van der Waals surface area contributed by atoms with Crippen LogP contribution < -0.4 is 5.32 Å². The molecule has 1 unspecified atom stereocenters. The Morgan fingerprint density at radius 3 is 2.57 bits per heavy atom. The highest BCUT2D eigenvalue weighted by Gasteiger charge is 2.22. The Morgan fingerprint density at radius 1 is 1.19 bits per heavy atom. The summed E-state index contributed by atoms with van der Waals surface area (Å²) in [6.07, 6.45) is 2.95. The summed E-state index contributed by atoms with van der Waals surface area (Å²) >= 11 is 10.8. The molecule has 0 aliphatic rings. The van der Waals surface area contributed by atoms with Crippen molar-refractivity contribution >= 4 is 47.8 Å². The Hall–Kier alpha value is -0.170. The zero-order valence-corrected chi connectivity index (χ0v) is 16.8. The quantitative estimate of drug-likeness (QED) is 0.611. The van der Waals surface area contributed by atoms with E-state index in [0.717, 1.165) is 38.6 Å². The minimum atomic E-state index is 0.101. The number of rotatable bonds is 6. The molecule has 2 rings (SSSR count). The molecule has 0 aliphatic heterocycles. The van der Waals surface area contributed by atoms with Gasteiger partial charge in [0.15, 0.2) is 0 Å². The Kier molecular flexibility index (Phi) is 6.47. The summed E-state index contributed by atoms with van der Waals surface area (Å²) in [4.78, 5) is 0. The number of benzene rings is 1. The van der Waals surface area contributed by atoms with Crippen LogP contribution >= 0.6 is 47.8 Å². The van der Waals surface area contributed by atoms with Gasteiger partial charge in [-0.3, -0.25) is 4.68 Å². The van der Waals surface area contributed by atoms with E-state index in [9.17, 15) is 0 Å². The van der Waals surface area contributed by atoms with Crippen LogP contribution in [0.2, 0.25) is 0 Å². The predicted octanol–water partition coefficient (Wildman–Crippen LogP) is 5.28. The van der Waals surface area contributed by atoms with Gasteiger partial charge in [0.05, 0.1) is 22.4 Å². The highest BCUT2D eigenvalue weighted by molar-refractivity contribution is 9.11. The van der Waals surface area contributed by atoms with Crippen molar-refractivity contribution in [3.63, 3.8) is 0 Å². The lowest BCUT2D eigenvalue weighted by atomic mass is 10.0. The van der Waals surface area contributed by atoms with E-state index in [0.29, 0.717) is 0 Å². The second-order valence-corrected chi connectivity index (χ2v) is 7.37. The first-order chi connectivity index (χ1) is 10.1. The molecule has 21 heavy (non-hydrogen) atoms. The van der Waals surface area contributed by atoms with Gasteiger partial charge < -0.3 is 5.32 Å². The van der Waals surface area contributed by atoms with Crippen LogP contribution in [0.25, 0.3) is 0 Å². The molecule has 0 fully saturated rings. The van der Waals surface area contributed by atoms with Crippen LogP contribution in [0.15, 0.2) is 37.8 Å². The zero-order chi connectivity index (χ0) is 15.4. The van der Waals surface area contributed by atoms with Gasteiger partial charge >= 0.3 is 0 Å². The summed E-state index contributed by atoms with van der Waals surface area (Å²) in [6.45, 7) is 6.08. The van der Waals surface area contributed by atoms with E-state index < -0.39 is 0 Å². The van der Waals surface area contributed by atoms with Gasteiger partial charge in [-0.25, -0.2) is 0 Å². The molecule has 0 aliphatic carbocycles. The highest BCUT2D eigenvalue weighted by Crippen LogP contribution is 2.34. The van der Waals surface area contributed by atoms with Crippen LogP contribution in [0, 0.1) is 0 Å². The minimum Gasteiger partial charge on any atom is -0.305 e. The van der Waals surface area contributed by atoms with E-state index in [2.05, 4.69) is 90.3 Å². The molecular formula is C15H18Br3N3. The molecule has 0 spiro atoms. The molecule has 0 saturated carbocycles. The molecule has 114 valence electrons. The van der Waals surface area contributed by atoms with Crippen molar-refractivity contribution in [3.8, 4) is 0 Å². The number of aromatic nitrogens is 2. The maximum Gasteiger partial charge on any atom is 0.0770 e. The van der Waals surface area contributed by atoms with Crippen LogP contribution in [-0.2, 0) is 6.54 Å². The topological polar surface area (TPSA) is 29.9 Å². The number of aryl methyl sites for hydroxylation is 1. The van der Waals surface area contributed by atoms with E-state index in [1.165, 1.54) is 5.56 Å². The standard InChI is InChI=1S/C15H18Br3N3/c1-3-7-19-14(11-6-5-10(16)8-12(11)17)15-13(18)9-20-21(15)4-2/h5-6,8-9,14,19H,3-4,7H2,1-2H3. The van der Waals surface area contributed by atoms with Crippen LogP contribution in [0.4, 0.5) is 0 Å². The molecule has 1 atom stereocenters. The third-order valence-electron chi connectivity index (χ3n) is 3.28. The van der Waals surface area contributed by atoms with Crippen molar-refractivity contribution in [1.82, 2.24) is 15.1 Å². The van der Waals surface area contributed by atoms with Gasteiger partial charge in [-0.1, -0.05) is 44.8 Å². The smallest absolute Gasteiger partial charge is 0.0770 e. The first-order valence-corrected chi connectivity index (χ1v) is 9.35. The molecule has 1 aromatic heterocycles. The lowest BCUT2D eigenvalue weighted by Gasteiger charge is -2.22. The van der Waals surface area contributed by atoms with Gasteiger partial charge in [0.25, 0.3) is 0 Å². The zero-order valence-electron chi connectivity index (χ0n) is 12.0. The molecule has 6 heteroatoms. The molecule has 1 aromatic carbocycles. The van der Waals surface area contributed by atoms with E-state index in [-0.39, 0.29) is 6.04 Å². The third-order valence-corrected chi connectivity index (χ3v) is 5.07. The second-order valence-electron chi connectivity index (χ2n) is 4.75. The number of hydrogen-bond donors (Lipinski definition) is 1. The first kappa shape index (κ1) is 17.2. The molecule has 0 bridgehead atoms. The van der Waals surface area contributed by atoms with Crippen LogP contribution in [0.3, 0.4) is 0 Å². The molecular weight excluding hydrogens is 462 g/mol.